The Morgan fingerprint density at radius 2 is 1.62 bits per heavy atom. The highest BCUT2D eigenvalue weighted by molar-refractivity contribution is 9.10. The van der Waals surface area contributed by atoms with Crippen molar-refractivity contribution in [3.8, 4) is 0 Å². The predicted molar refractivity (Wildman–Crippen MR) is 126 cm³/mol. The third kappa shape index (κ3) is 3.40. The minimum Gasteiger partial charge on any atom is -0.324 e. The van der Waals surface area contributed by atoms with E-state index in [2.05, 4.69) is 21.2 Å². The second kappa shape index (κ2) is 8.14. The number of benzene rings is 2. The lowest BCUT2D eigenvalue weighted by molar-refractivity contribution is -0.147. The summed E-state index contributed by atoms with van der Waals surface area (Å²) in [6, 6.07) is 12.5. The van der Waals surface area contributed by atoms with Crippen molar-refractivity contribution in [2.45, 2.75) is 45.6 Å². The first-order valence-corrected chi connectivity index (χ1v) is 12.1. The zero-order valence-electron chi connectivity index (χ0n) is 18.3. The maximum atomic E-state index is 13.6. The molecule has 2 aromatic rings. The topological polar surface area (TPSA) is 66.5 Å². The molecule has 6 heteroatoms. The van der Waals surface area contributed by atoms with Gasteiger partial charge in [-0.25, -0.2) is 0 Å². The normalized spacial score (nSPS) is 27.0. The first-order valence-electron chi connectivity index (χ1n) is 11.3. The molecular weight excluding hydrogens is 468 g/mol. The van der Waals surface area contributed by atoms with Gasteiger partial charge in [-0.05, 0) is 73.8 Å². The maximum Gasteiger partial charge on any atom is 0.248 e. The summed E-state index contributed by atoms with van der Waals surface area (Å²) in [7, 11) is 0. The van der Waals surface area contributed by atoms with Gasteiger partial charge in [-0.15, -0.1) is 0 Å². The summed E-state index contributed by atoms with van der Waals surface area (Å²) < 4.78 is 0.974. The Morgan fingerprint density at radius 1 is 1.00 bits per heavy atom. The van der Waals surface area contributed by atoms with Crippen LogP contribution in [0.2, 0.25) is 0 Å². The molecule has 0 spiro atoms. The number of hydrogen-bond acceptors (Lipinski definition) is 3. The summed E-state index contributed by atoms with van der Waals surface area (Å²) in [5.41, 5.74) is 3.63. The van der Waals surface area contributed by atoms with E-state index >= 15 is 0 Å². The van der Waals surface area contributed by atoms with Crippen LogP contribution in [0.5, 0.6) is 0 Å². The molecule has 5 rings (SSSR count). The number of fused-ring (bicyclic) bond motifs is 5. The smallest absolute Gasteiger partial charge is 0.248 e. The highest BCUT2D eigenvalue weighted by Crippen LogP contribution is 2.56. The Bertz CT molecular complexity index is 1070. The van der Waals surface area contributed by atoms with E-state index in [1.165, 1.54) is 4.90 Å². The van der Waals surface area contributed by atoms with Gasteiger partial charge in [0.05, 0.1) is 11.8 Å². The third-order valence-corrected chi connectivity index (χ3v) is 8.69. The standard InChI is InChI=1S/C26H27BrN2O3/c1-14-15(2)20(11-10-19(14)27)28-24(30)21(12-16-6-4-3-5-7-16)29-25(31)22-17-8-9-18(13-17)23(22)26(29)32/h3-7,10-11,17-18,21-23H,8-9,12-13H2,1-2H3,(H,28,30). The summed E-state index contributed by atoms with van der Waals surface area (Å²) in [6.07, 6.45) is 3.33. The lowest BCUT2D eigenvalue weighted by Crippen LogP contribution is -2.49. The molecule has 2 aromatic carbocycles. The van der Waals surface area contributed by atoms with Crippen LogP contribution in [-0.4, -0.2) is 28.7 Å². The monoisotopic (exact) mass is 494 g/mol. The molecule has 1 heterocycles. The SMILES string of the molecule is Cc1c(Br)ccc(NC(=O)C(Cc2ccccc2)N2C(=O)C3C4CCC(C4)C3C2=O)c1C. The number of halogens is 1. The molecule has 3 aliphatic rings. The zero-order chi connectivity index (χ0) is 22.6. The van der Waals surface area contributed by atoms with E-state index in [0.717, 1.165) is 40.4 Å². The quantitative estimate of drug-likeness (QED) is 0.615. The van der Waals surface area contributed by atoms with Crippen molar-refractivity contribution in [1.29, 1.82) is 0 Å². The number of carbonyl (C=O) groups excluding carboxylic acids is 3. The Labute approximate surface area is 196 Å². The van der Waals surface area contributed by atoms with Crippen molar-refractivity contribution in [3.05, 3.63) is 63.6 Å². The molecule has 0 aromatic heterocycles. The van der Waals surface area contributed by atoms with Gasteiger partial charge in [0.25, 0.3) is 0 Å². The largest absolute Gasteiger partial charge is 0.324 e. The molecule has 166 valence electrons. The summed E-state index contributed by atoms with van der Waals surface area (Å²) in [4.78, 5) is 41.8. The zero-order valence-corrected chi connectivity index (χ0v) is 19.9. The highest BCUT2D eigenvalue weighted by Gasteiger charge is 2.62. The maximum absolute atomic E-state index is 13.6. The molecule has 1 aliphatic heterocycles. The molecule has 0 radical (unpaired) electrons. The summed E-state index contributed by atoms with van der Waals surface area (Å²) in [6.45, 7) is 3.94. The Hall–Kier alpha value is -2.47. The van der Waals surface area contributed by atoms with Gasteiger partial charge in [0.15, 0.2) is 0 Å². The Kier molecular flexibility index (Phi) is 5.44. The van der Waals surface area contributed by atoms with Crippen molar-refractivity contribution >= 4 is 39.3 Å². The number of imide groups is 1. The van der Waals surface area contributed by atoms with E-state index in [9.17, 15) is 14.4 Å². The van der Waals surface area contributed by atoms with E-state index in [1.54, 1.807) is 0 Å². The minimum absolute atomic E-state index is 0.146. The third-order valence-electron chi connectivity index (χ3n) is 7.83. The second-order valence-electron chi connectivity index (χ2n) is 9.47. The molecular formula is C26H27BrN2O3. The van der Waals surface area contributed by atoms with Crippen molar-refractivity contribution < 1.29 is 14.4 Å². The fourth-order valence-corrected chi connectivity index (χ4v) is 6.45. The van der Waals surface area contributed by atoms with Crippen LogP contribution in [0, 0.1) is 37.5 Å². The molecule has 32 heavy (non-hydrogen) atoms. The summed E-state index contributed by atoms with van der Waals surface area (Å²) in [5.74, 6) is -0.480. The summed E-state index contributed by atoms with van der Waals surface area (Å²) >= 11 is 3.52. The Morgan fingerprint density at radius 3 is 2.25 bits per heavy atom. The minimum atomic E-state index is -0.856. The average molecular weight is 495 g/mol. The number of likely N-dealkylation sites (tertiary alicyclic amines) is 1. The van der Waals surface area contributed by atoms with E-state index in [1.807, 2.05) is 56.3 Å². The number of hydrogen-bond donors (Lipinski definition) is 1. The van der Waals surface area contributed by atoms with Gasteiger partial charge in [0.2, 0.25) is 17.7 Å². The molecule has 1 saturated heterocycles. The molecule has 1 N–H and O–H groups in total. The van der Waals surface area contributed by atoms with E-state index < -0.39 is 6.04 Å². The van der Waals surface area contributed by atoms with E-state index in [0.29, 0.717) is 23.9 Å². The number of amides is 3. The van der Waals surface area contributed by atoms with Crippen LogP contribution < -0.4 is 5.32 Å². The lowest BCUT2D eigenvalue weighted by Gasteiger charge is -2.27. The van der Waals surface area contributed by atoms with E-state index in [-0.39, 0.29) is 29.6 Å². The first kappa shape index (κ1) is 21.4. The molecule has 5 nitrogen and oxygen atoms in total. The molecule has 5 atom stereocenters. The van der Waals surface area contributed by atoms with Gasteiger partial charge in [-0.3, -0.25) is 19.3 Å². The average Bonchev–Trinajstić information content (AvgIpc) is 3.47. The van der Waals surface area contributed by atoms with Crippen LogP contribution in [0.3, 0.4) is 0 Å². The molecule has 5 unspecified atom stereocenters. The van der Waals surface area contributed by atoms with Gasteiger partial charge < -0.3 is 5.32 Å². The predicted octanol–water partition coefficient (Wildman–Crippen LogP) is 4.65. The van der Waals surface area contributed by atoms with Crippen LogP contribution in [0.25, 0.3) is 0 Å². The van der Waals surface area contributed by atoms with Crippen molar-refractivity contribution in [2.75, 3.05) is 5.32 Å². The van der Waals surface area contributed by atoms with Crippen LogP contribution in [0.15, 0.2) is 46.9 Å². The number of nitrogens with one attached hydrogen (secondary N) is 1. The first-order chi connectivity index (χ1) is 15.4. The van der Waals surface area contributed by atoms with Gasteiger partial charge in [0.1, 0.15) is 6.04 Å². The fraction of sp³-hybridized carbons (Fsp3) is 0.423. The van der Waals surface area contributed by atoms with Gasteiger partial charge in [0, 0.05) is 16.6 Å². The molecule has 2 aliphatic carbocycles. The van der Waals surface area contributed by atoms with Crippen LogP contribution >= 0.6 is 15.9 Å². The molecule has 2 bridgehead atoms. The fourth-order valence-electron chi connectivity index (χ4n) is 6.02. The lowest BCUT2D eigenvalue weighted by atomic mass is 9.81. The van der Waals surface area contributed by atoms with E-state index in [4.69, 9.17) is 0 Å². The van der Waals surface area contributed by atoms with Crippen molar-refractivity contribution in [2.24, 2.45) is 23.7 Å². The van der Waals surface area contributed by atoms with Crippen LogP contribution in [0.4, 0.5) is 5.69 Å². The second-order valence-corrected chi connectivity index (χ2v) is 10.3. The number of carbonyl (C=O) groups is 3. The number of nitrogens with zero attached hydrogens (tertiary/aromatic N) is 1. The highest BCUT2D eigenvalue weighted by atomic mass is 79.9. The molecule has 2 saturated carbocycles. The Balaban J connectivity index is 1.47. The number of rotatable bonds is 5. The van der Waals surface area contributed by atoms with Crippen molar-refractivity contribution in [3.63, 3.8) is 0 Å². The van der Waals surface area contributed by atoms with Gasteiger partial charge in [-0.2, -0.15) is 0 Å². The number of anilines is 1. The molecule has 3 fully saturated rings. The van der Waals surface area contributed by atoms with Crippen LogP contribution in [-0.2, 0) is 20.8 Å². The van der Waals surface area contributed by atoms with Gasteiger partial charge >= 0.3 is 0 Å². The van der Waals surface area contributed by atoms with Crippen molar-refractivity contribution in [1.82, 2.24) is 4.90 Å². The van der Waals surface area contributed by atoms with Gasteiger partial charge in [-0.1, -0.05) is 46.3 Å². The van der Waals surface area contributed by atoms with Crippen LogP contribution in [0.1, 0.15) is 36.0 Å². The summed E-state index contributed by atoms with van der Waals surface area (Å²) in [5, 5.41) is 3.01. The molecule has 3 amide bonds.